The second-order valence-corrected chi connectivity index (χ2v) is 7.50. The highest BCUT2D eigenvalue weighted by Gasteiger charge is 2.38. The normalized spacial score (nSPS) is 15.2. The van der Waals surface area contributed by atoms with Crippen LogP contribution in [-0.2, 0) is 6.18 Å². The van der Waals surface area contributed by atoms with Gasteiger partial charge in [-0.15, -0.1) is 0 Å². The number of piperidine rings is 1. The zero-order chi connectivity index (χ0) is 22.0. The van der Waals surface area contributed by atoms with Crippen LogP contribution in [0, 0.1) is 0 Å². The Labute approximate surface area is 180 Å². The monoisotopic (exact) mass is 451 g/mol. The predicted octanol–water partition coefficient (Wildman–Crippen LogP) is 5.09. The lowest BCUT2D eigenvalue weighted by molar-refractivity contribution is -0.159. The van der Waals surface area contributed by atoms with Crippen LogP contribution >= 0.6 is 11.6 Å². The fourth-order valence-corrected chi connectivity index (χ4v) is 3.41. The van der Waals surface area contributed by atoms with Gasteiger partial charge in [0.2, 0.25) is 5.82 Å². The van der Waals surface area contributed by atoms with E-state index in [2.05, 4.69) is 14.7 Å². The van der Waals surface area contributed by atoms with Crippen molar-refractivity contribution in [3.63, 3.8) is 0 Å². The lowest BCUT2D eigenvalue weighted by Gasteiger charge is -2.32. The maximum atomic E-state index is 12.6. The molecule has 0 atom stereocenters. The Morgan fingerprint density at radius 1 is 1.06 bits per heavy atom. The number of alkyl halides is 3. The zero-order valence-corrected chi connectivity index (χ0v) is 16.9. The molecule has 31 heavy (non-hydrogen) atoms. The van der Waals surface area contributed by atoms with Crippen molar-refractivity contribution in [3.05, 3.63) is 65.0 Å². The minimum absolute atomic E-state index is 0.0437. The van der Waals surface area contributed by atoms with E-state index in [4.69, 9.17) is 16.3 Å². The maximum Gasteiger partial charge on any atom is 0.471 e. The van der Waals surface area contributed by atoms with E-state index in [1.165, 1.54) is 0 Å². The Kier molecular flexibility index (Phi) is 5.86. The summed E-state index contributed by atoms with van der Waals surface area (Å²) in [4.78, 5) is 17.7. The lowest BCUT2D eigenvalue weighted by atomic mass is 10.1. The summed E-state index contributed by atoms with van der Waals surface area (Å²) in [6.07, 6.45) is -3.41. The molecule has 2 aromatic carbocycles. The van der Waals surface area contributed by atoms with Gasteiger partial charge in [0.05, 0.1) is 0 Å². The van der Waals surface area contributed by atoms with Crippen molar-refractivity contribution in [2.24, 2.45) is 0 Å². The van der Waals surface area contributed by atoms with Crippen LogP contribution in [0.1, 0.15) is 29.1 Å². The SMILES string of the molecule is O=C(c1ccc(Cl)cc1)N1CCC(Oc2ccc(-c3noc(C(F)(F)F)n3)cc2)CC1. The summed E-state index contributed by atoms with van der Waals surface area (Å²) < 4.78 is 48.0. The molecule has 1 aliphatic rings. The van der Waals surface area contributed by atoms with Crippen molar-refractivity contribution in [3.8, 4) is 17.1 Å². The molecule has 1 aliphatic heterocycles. The third kappa shape index (κ3) is 4.99. The molecule has 0 N–H and O–H groups in total. The van der Waals surface area contributed by atoms with Gasteiger partial charge in [0.15, 0.2) is 0 Å². The van der Waals surface area contributed by atoms with Gasteiger partial charge in [0, 0.05) is 42.1 Å². The first-order chi connectivity index (χ1) is 14.8. The molecule has 10 heteroatoms. The highest BCUT2D eigenvalue weighted by atomic mass is 35.5. The number of amides is 1. The van der Waals surface area contributed by atoms with Crippen molar-refractivity contribution >= 4 is 17.5 Å². The molecule has 1 saturated heterocycles. The van der Waals surface area contributed by atoms with Gasteiger partial charge >= 0.3 is 12.1 Å². The number of nitrogens with zero attached hydrogens (tertiary/aromatic N) is 3. The van der Waals surface area contributed by atoms with Crippen molar-refractivity contribution < 1.29 is 27.2 Å². The fraction of sp³-hybridized carbons (Fsp3) is 0.286. The lowest BCUT2D eigenvalue weighted by Crippen LogP contribution is -2.41. The quantitative estimate of drug-likeness (QED) is 0.552. The van der Waals surface area contributed by atoms with Crippen LogP contribution in [0.4, 0.5) is 13.2 Å². The number of aromatic nitrogens is 2. The standard InChI is InChI=1S/C21H17ClF3N3O3/c22-15-5-1-14(2-6-15)19(29)28-11-9-17(10-12-28)30-16-7-3-13(4-8-16)18-26-20(31-27-18)21(23,24)25/h1-8,17H,9-12H2. The minimum atomic E-state index is -4.68. The second kappa shape index (κ2) is 8.58. The number of rotatable bonds is 4. The highest BCUT2D eigenvalue weighted by Crippen LogP contribution is 2.30. The summed E-state index contributed by atoms with van der Waals surface area (Å²) in [6.45, 7) is 1.13. The first kappa shape index (κ1) is 21.2. The summed E-state index contributed by atoms with van der Waals surface area (Å²) in [5.41, 5.74) is 0.976. The Morgan fingerprint density at radius 3 is 2.29 bits per heavy atom. The summed E-state index contributed by atoms with van der Waals surface area (Å²) in [5.74, 6) is -1.00. The topological polar surface area (TPSA) is 68.5 Å². The van der Waals surface area contributed by atoms with E-state index in [0.717, 1.165) is 0 Å². The van der Waals surface area contributed by atoms with E-state index in [1.807, 2.05) is 0 Å². The van der Waals surface area contributed by atoms with Gasteiger partial charge in [0.25, 0.3) is 5.91 Å². The van der Waals surface area contributed by atoms with E-state index >= 15 is 0 Å². The molecule has 162 valence electrons. The molecule has 0 saturated carbocycles. The number of carbonyl (C=O) groups excluding carboxylic acids is 1. The largest absolute Gasteiger partial charge is 0.490 e. The van der Waals surface area contributed by atoms with Crippen LogP contribution in [0.15, 0.2) is 53.1 Å². The first-order valence-corrected chi connectivity index (χ1v) is 9.90. The summed E-state index contributed by atoms with van der Waals surface area (Å²) in [6, 6.07) is 13.2. The maximum absolute atomic E-state index is 12.6. The third-order valence-corrected chi connectivity index (χ3v) is 5.16. The van der Waals surface area contributed by atoms with E-state index in [0.29, 0.717) is 47.8 Å². The van der Waals surface area contributed by atoms with Crippen molar-refractivity contribution in [1.29, 1.82) is 0 Å². The van der Waals surface area contributed by atoms with Gasteiger partial charge in [-0.1, -0.05) is 16.8 Å². The fourth-order valence-electron chi connectivity index (χ4n) is 3.28. The van der Waals surface area contributed by atoms with E-state index in [1.54, 1.807) is 53.4 Å². The average molecular weight is 452 g/mol. The van der Waals surface area contributed by atoms with Crippen LogP contribution in [0.3, 0.4) is 0 Å². The zero-order valence-electron chi connectivity index (χ0n) is 16.1. The molecule has 0 spiro atoms. The average Bonchev–Trinajstić information content (AvgIpc) is 3.26. The highest BCUT2D eigenvalue weighted by molar-refractivity contribution is 6.30. The second-order valence-electron chi connectivity index (χ2n) is 7.06. The molecule has 2 heterocycles. The Hall–Kier alpha value is -3.07. The number of halogens is 4. The number of ether oxygens (including phenoxy) is 1. The molecule has 0 unspecified atom stereocenters. The van der Waals surface area contributed by atoms with Gasteiger partial charge < -0.3 is 14.2 Å². The molecule has 1 fully saturated rings. The predicted molar refractivity (Wildman–Crippen MR) is 106 cm³/mol. The van der Waals surface area contributed by atoms with E-state index < -0.39 is 12.1 Å². The minimum Gasteiger partial charge on any atom is -0.490 e. The summed E-state index contributed by atoms with van der Waals surface area (Å²) >= 11 is 5.86. The van der Waals surface area contributed by atoms with Crippen LogP contribution in [-0.4, -0.2) is 40.1 Å². The molecule has 0 bridgehead atoms. The Balaban J connectivity index is 1.32. The van der Waals surface area contributed by atoms with Crippen LogP contribution in [0.2, 0.25) is 5.02 Å². The van der Waals surface area contributed by atoms with Gasteiger partial charge in [-0.3, -0.25) is 4.79 Å². The number of carbonyl (C=O) groups is 1. The Morgan fingerprint density at radius 2 is 1.71 bits per heavy atom. The molecule has 1 amide bonds. The van der Waals surface area contributed by atoms with Gasteiger partial charge in [-0.05, 0) is 48.5 Å². The van der Waals surface area contributed by atoms with Crippen LogP contribution < -0.4 is 4.74 Å². The molecule has 4 rings (SSSR count). The smallest absolute Gasteiger partial charge is 0.471 e. The number of benzene rings is 2. The number of hydrogen-bond donors (Lipinski definition) is 0. The van der Waals surface area contributed by atoms with E-state index in [-0.39, 0.29) is 17.8 Å². The van der Waals surface area contributed by atoms with Crippen molar-refractivity contribution in [2.45, 2.75) is 25.1 Å². The van der Waals surface area contributed by atoms with Crippen molar-refractivity contribution in [1.82, 2.24) is 15.0 Å². The van der Waals surface area contributed by atoms with Gasteiger partial charge in [-0.25, -0.2) is 0 Å². The van der Waals surface area contributed by atoms with Gasteiger partial charge in [0.1, 0.15) is 11.9 Å². The van der Waals surface area contributed by atoms with Crippen molar-refractivity contribution in [2.75, 3.05) is 13.1 Å². The van der Waals surface area contributed by atoms with Crippen LogP contribution in [0.25, 0.3) is 11.4 Å². The molecular formula is C21H17ClF3N3O3. The number of hydrogen-bond acceptors (Lipinski definition) is 5. The van der Waals surface area contributed by atoms with Crippen LogP contribution in [0.5, 0.6) is 5.75 Å². The molecule has 0 aliphatic carbocycles. The third-order valence-electron chi connectivity index (χ3n) is 4.90. The molecular weight excluding hydrogens is 435 g/mol. The first-order valence-electron chi connectivity index (χ1n) is 9.52. The van der Waals surface area contributed by atoms with E-state index in [9.17, 15) is 18.0 Å². The number of likely N-dealkylation sites (tertiary alicyclic amines) is 1. The van der Waals surface area contributed by atoms with Gasteiger partial charge in [-0.2, -0.15) is 18.2 Å². The molecule has 1 aromatic heterocycles. The summed E-state index contributed by atoms with van der Waals surface area (Å²) in [5, 5.41) is 3.94. The summed E-state index contributed by atoms with van der Waals surface area (Å²) in [7, 11) is 0. The molecule has 0 radical (unpaired) electrons. The molecule has 3 aromatic rings. The Bertz CT molecular complexity index is 1040. The molecule has 6 nitrogen and oxygen atoms in total.